The lowest BCUT2D eigenvalue weighted by Crippen LogP contribution is -2.38. The molecule has 0 saturated heterocycles. The second-order valence-electron chi connectivity index (χ2n) is 7.02. The van der Waals surface area contributed by atoms with Crippen LogP contribution in [0.2, 0.25) is 0 Å². The predicted molar refractivity (Wildman–Crippen MR) is 103 cm³/mol. The quantitative estimate of drug-likeness (QED) is 0.867. The maximum atomic E-state index is 12.2. The molecule has 0 bridgehead atoms. The number of carbonyl (C=O) groups is 2. The number of amides is 2. The molecule has 4 heteroatoms. The van der Waals surface area contributed by atoms with E-state index in [2.05, 4.69) is 28.8 Å². The molecule has 26 heavy (non-hydrogen) atoms. The Kier molecular flexibility index (Phi) is 5.71. The van der Waals surface area contributed by atoms with Crippen molar-refractivity contribution in [2.75, 3.05) is 6.54 Å². The van der Waals surface area contributed by atoms with Gasteiger partial charge in [0.1, 0.15) is 0 Å². The van der Waals surface area contributed by atoms with E-state index in [1.54, 1.807) is 6.07 Å². The average molecular weight is 350 g/mol. The summed E-state index contributed by atoms with van der Waals surface area (Å²) in [6.07, 6.45) is 4.78. The smallest absolute Gasteiger partial charge is 0.251 e. The van der Waals surface area contributed by atoms with Gasteiger partial charge in [-0.05, 0) is 67.9 Å². The van der Waals surface area contributed by atoms with Gasteiger partial charge in [0.05, 0.1) is 12.6 Å². The highest BCUT2D eigenvalue weighted by molar-refractivity contribution is 5.97. The fourth-order valence-corrected chi connectivity index (χ4v) is 3.48. The Balaban J connectivity index is 1.54. The van der Waals surface area contributed by atoms with Crippen molar-refractivity contribution >= 4 is 11.8 Å². The summed E-state index contributed by atoms with van der Waals surface area (Å²) < 4.78 is 0. The molecule has 1 atom stereocenters. The van der Waals surface area contributed by atoms with Crippen LogP contribution in [0.15, 0.2) is 42.5 Å². The Morgan fingerprint density at radius 3 is 2.54 bits per heavy atom. The zero-order valence-electron chi connectivity index (χ0n) is 15.5. The number of aryl methyl sites for hydroxylation is 3. The van der Waals surface area contributed by atoms with Crippen LogP contribution in [-0.2, 0) is 17.6 Å². The standard InChI is InChI=1S/C22H26N2O2/c1-15-7-3-6-10-20(15)22(26)23-14-21(25)24-16(2)18-12-11-17-8-4-5-9-19(17)13-18/h3,6-7,10-13,16H,4-5,8-9,14H2,1-2H3,(H,23,26)(H,24,25). The molecule has 136 valence electrons. The van der Waals surface area contributed by atoms with Gasteiger partial charge in [-0.3, -0.25) is 9.59 Å². The summed E-state index contributed by atoms with van der Waals surface area (Å²) >= 11 is 0. The van der Waals surface area contributed by atoms with Gasteiger partial charge >= 0.3 is 0 Å². The van der Waals surface area contributed by atoms with E-state index >= 15 is 0 Å². The average Bonchev–Trinajstić information content (AvgIpc) is 2.66. The van der Waals surface area contributed by atoms with Crippen LogP contribution in [0.1, 0.15) is 58.4 Å². The predicted octanol–water partition coefficient (Wildman–Crippen LogP) is 3.48. The summed E-state index contributed by atoms with van der Waals surface area (Å²) in [7, 11) is 0. The Labute approximate surface area is 155 Å². The third-order valence-electron chi connectivity index (χ3n) is 5.05. The zero-order valence-corrected chi connectivity index (χ0v) is 15.5. The van der Waals surface area contributed by atoms with Crippen LogP contribution in [0.3, 0.4) is 0 Å². The Morgan fingerprint density at radius 1 is 1.04 bits per heavy atom. The molecule has 0 heterocycles. The molecule has 0 saturated carbocycles. The van der Waals surface area contributed by atoms with E-state index in [1.807, 2.05) is 32.0 Å². The number of nitrogens with one attached hydrogen (secondary N) is 2. The molecule has 1 aliphatic carbocycles. The van der Waals surface area contributed by atoms with E-state index < -0.39 is 0 Å². The minimum Gasteiger partial charge on any atom is -0.348 e. The van der Waals surface area contributed by atoms with E-state index in [9.17, 15) is 9.59 Å². The number of hydrogen-bond acceptors (Lipinski definition) is 2. The summed E-state index contributed by atoms with van der Waals surface area (Å²) in [5, 5.41) is 5.67. The van der Waals surface area contributed by atoms with Crippen LogP contribution in [0.4, 0.5) is 0 Å². The maximum absolute atomic E-state index is 12.2. The van der Waals surface area contributed by atoms with Crippen molar-refractivity contribution in [3.63, 3.8) is 0 Å². The molecular formula is C22H26N2O2. The highest BCUT2D eigenvalue weighted by atomic mass is 16.2. The first-order chi connectivity index (χ1) is 12.5. The van der Waals surface area contributed by atoms with Gasteiger partial charge in [0.2, 0.25) is 5.91 Å². The lowest BCUT2D eigenvalue weighted by Gasteiger charge is -2.20. The minimum absolute atomic E-state index is 0.0253. The van der Waals surface area contributed by atoms with Crippen molar-refractivity contribution in [3.8, 4) is 0 Å². The van der Waals surface area contributed by atoms with Crippen LogP contribution in [0, 0.1) is 6.92 Å². The molecule has 2 aromatic carbocycles. The first-order valence-electron chi connectivity index (χ1n) is 9.29. The number of hydrogen-bond donors (Lipinski definition) is 2. The van der Waals surface area contributed by atoms with Crippen LogP contribution < -0.4 is 10.6 Å². The normalized spacial score (nSPS) is 14.2. The minimum atomic E-state index is -0.223. The highest BCUT2D eigenvalue weighted by Gasteiger charge is 2.15. The summed E-state index contributed by atoms with van der Waals surface area (Å²) in [5.74, 6) is -0.406. The first-order valence-corrected chi connectivity index (χ1v) is 9.29. The number of carbonyl (C=O) groups excluding carboxylic acids is 2. The van der Waals surface area contributed by atoms with Gasteiger partial charge in [0.15, 0.2) is 0 Å². The lowest BCUT2D eigenvalue weighted by molar-refractivity contribution is -0.120. The van der Waals surface area contributed by atoms with Crippen LogP contribution >= 0.6 is 0 Å². The fraction of sp³-hybridized carbons (Fsp3) is 0.364. The van der Waals surface area contributed by atoms with Crippen molar-refractivity contribution in [2.24, 2.45) is 0 Å². The molecule has 2 amide bonds. The van der Waals surface area contributed by atoms with Crippen molar-refractivity contribution in [2.45, 2.75) is 45.6 Å². The Hall–Kier alpha value is -2.62. The van der Waals surface area contributed by atoms with Gasteiger partial charge in [-0.25, -0.2) is 0 Å². The molecule has 0 radical (unpaired) electrons. The summed E-state index contributed by atoms with van der Waals surface area (Å²) in [4.78, 5) is 24.4. The van der Waals surface area contributed by atoms with E-state index in [4.69, 9.17) is 0 Å². The molecule has 0 aliphatic heterocycles. The third-order valence-corrected chi connectivity index (χ3v) is 5.05. The molecular weight excluding hydrogens is 324 g/mol. The van der Waals surface area contributed by atoms with E-state index in [1.165, 1.54) is 24.0 Å². The molecule has 0 fully saturated rings. The van der Waals surface area contributed by atoms with E-state index in [0.717, 1.165) is 24.0 Å². The van der Waals surface area contributed by atoms with E-state index in [0.29, 0.717) is 5.56 Å². The van der Waals surface area contributed by atoms with Gasteiger partial charge < -0.3 is 10.6 Å². The maximum Gasteiger partial charge on any atom is 0.251 e. The number of benzene rings is 2. The molecule has 4 nitrogen and oxygen atoms in total. The summed E-state index contributed by atoms with van der Waals surface area (Å²) in [6.45, 7) is 3.83. The molecule has 2 N–H and O–H groups in total. The topological polar surface area (TPSA) is 58.2 Å². The molecule has 1 unspecified atom stereocenters. The monoisotopic (exact) mass is 350 g/mol. The second-order valence-corrected chi connectivity index (χ2v) is 7.02. The van der Waals surface area contributed by atoms with Gasteiger partial charge in [-0.2, -0.15) is 0 Å². The first kappa shape index (κ1) is 18.2. The Morgan fingerprint density at radius 2 is 1.77 bits per heavy atom. The van der Waals surface area contributed by atoms with E-state index in [-0.39, 0.29) is 24.4 Å². The molecule has 3 rings (SSSR count). The molecule has 0 spiro atoms. The molecule has 1 aliphatic rings. The zero-order chi connectivity index (χ0) is 18.5. The summed E-state index contributed by atoms with van der Waals surface area (Å²) in [6, 6.07) is 13.8. The van der Waals surface area contributed by atoms with Gasteiger partial charge in [0, 0.05) is 5.56 Å². The van der Waals surface area contributed by atoms with Crippen LogP contribution in [-0.4, -0.2) is 18.4 Å². The Bertz CT molecular complexity index is 814. The van der Waals surface area contributed by atoms with Crippen LogP contribution in [0.25, 0.3) is 0 Å². The van der Waals surface area contributed by atoms with Gasteiger partial charge in [-0.15, -0.1) is 0 Å². The van der Waals surface area contributed by atoms with Crippen molar-refractivity contribution < 1.29 is 9.59 Å². The van der Waals surface area contributed by atoms with Crippen molar-refractivity contribution in [3.05, 3.63) is 70.3 Å². The largest absolute Gasteiger partial charge is 0.348 e. The fourth-order valence-electron chi connectivity index (χ4n) is 3.48. The van der Waals surface area contributed by atoms with Crippen molar-refractivity contribution in [1.82, 2.24) is 10.6 Å². The third kappa shape index (κ3) is 4.31. The summed E-state index contributed by atoms with van der Waals surface area (Å²) in [5.41, 5.74) is 5.45. The lowest BCUT2D eigenvalue weighted by atomic mass is 9.89. The molecule has 2 aromatic rings. The highest BCUT2D eigenvalue weighted by Crippen LogP contribution is 2.24. The number of rotatable bonds is 5. The number of fused-ring (bicyclic) bond motifs is 1. The molecule has 0 aromatic heterocycles. The SMILES string of the molecule is Cc1ccccc1C(=O)NCC(=O)NC(C)c1ccc2c(c1)CCCC2. The second kappa shape index (κ2) is 8.17. The van der Waals surface area contributed by atoms with Crippen molar-refractivity contribution in [1.29, 1.82) is 0 Å². The van der Waals surface area contributed by atoms with Gasteiger partial charge in [-0.1, -0.05) is 36.4 Å². The van der Waals surface area contributed by atoms with Crippen LogP contribution in [0.5, 0.6) is 0 Å². The van der Waals surface area contributed by atoms with Gasteiger partial charge in [0.25, 0.3) is 5.91 Å².